The maximum atomic E-state index is 12.0. The van der Waals surface area contributed by atoms with E-state index in [0.29, 0.717) is 19.1 Å². The number of aliphatic carboxylic acids is 1. The monoisotopic (exact) mass is 270 g/mol. The average Bonchev–Trinajstić information content (AvgIpc) is 2.35. The molecule has 1 rings (SSSR count). The number of hydrogen-bond donors (Lipinski definition) is 2. The molecule has 0 aromatic rings. The van der Waals surface area contributed by atoms with E-state index in [1.165, 1.54) is 19.3 Å². The van der Waals surface area contributed by atoms with Gasteiger partial charge in [-0.2, -0.15) is 0 Å². The van der Waals surface area contributed by atoms with Crippen molar-refractivity contribution in [2.24, 2.45) is 0 Å². The quantitative estimate of drug-likeness (QED) is 0.737. The predicted molar refractivity (Wildman–Crippen MR) is 74.0 cm³/mol. The van der Waals surface area contributed by atoms with E-state index < -0.39 is 5.97 Å². The third kappa shape index (κ3) is 6.57. The minimum atomic E-state index is -0.821. The molecule has 1 fully saturated rings. The van der Waals surface area contributed by atoms with Crippen molar-refractivity contribution in [3.05, 3.63) is 0 Å². The molecule has 5 nitrogen and oxygen atoms in total. The molecule has 1 amide bonds. The lowest BCUT2D eigenvalue weighted by Crippen LogP contribution is -2.45. The second kappa shape index (κ2) is 8.15. The van der Waals surface area contributed by atoms with Crippen LogP contribution in [0.2, 0.25) is 0 Å². The normalized spacial score (nSPS) is 16.8. The summed E-state index contributed by atoms with van der Waals surface area (Å²) in [6.45, 7) is 4.68. The highest BCUT2D eigenvalue weighted by Crippen LogP contribution is 2.17. The minimum Gasteiger partial charge on any atom is -0.481 e. The van der Waals surface area contributed by atoms with Gasteiger partial charge in [-0.1, -0.05) is 19.3 Å². The number of nitrogens with zero attached hydrogens (tertiary/aromatic N) is 1. The second-order valence-corrected chi connectivity index (χ2v) is 5.61. The van der Waals surface area contributed by atoms with E-state index in [9.17, 15) is 9.59 Å². The summed E-state index contributed by atoms with van der Waals surface area (Å²) in [5, 5.41) is 11.8. The van der Waals surface area contributed by atoms with Crippen LogP contribution in [-0.2, 0) is 9.59 Å². The summed E-state index contributed by atoms with van der Waals surface area (Å²) in [4.78, 5) is 24.5. The van der Waals surface area contributed by atoms with Crippen molar-refractivity contribution < 1.29 is 14.7 Å². The van der Waals surface area contributed by atoms with Crippen LogP contribution in [0.15, 0.2) is 0 Å². The average molecular weight is 270 g/mol. The SMILES string of the molecule is CC(C)N(CCC(=O)O)CC(=O)NC1CCCCC1. The zero-order valence-electron chi connectivity index (χ0n) is 12.0. The molecular weight excluding hydrogens is 244 g/mol. The topological polar surface area (TPSA) is 69.6 Å². The van der Waals surface area contributed by atoms with E-state index in [0.717, 1.165) is 12.8 Å². The maximum absolute atomic E-state index is 12.0. The number of amides is 1. The lowest BCUT2D eigenvalue weighted by Gasteiger charge is -2.28. The van der Waals surface area contributed by atoms with Crippen molar-refractivity contribution in [3.8, 4) is 0 Å². The van der Waals surface area contributed by atoms with Crippen molar-refractivity contribution in [2.75, 3.05) is 13.1 Å². The molecule has 0 aromatic carbocycles. The Morgan fingerprint density at radius 1 is 1.26 bits per heavy atom. The molecule has 1 aliphatic rings. The van der Waals surface area contributed by atoms with Crippen LogP contribution >= 0.6 is 0 Å². The van der Waals surface area contributed by atoms with Crippen molar-refractivity contribution in [1.82, 2.24) is 10.2 Å². The summed E-state index contributed by atoms with van der Waals surface area (Å²) in [5.41, 5.74) is 0. The Bertz CT molecular complexity index is 299. The van der Waals surface area contributed by atoms with Gasteiger partial charge < -0.3 is 10.4 Å². The summed E-state index contributed by atoms with van der Waals surface area (Å²) < 4.78 is 0. The first-order valence-corrected chi connectivity index (χ1v) is 7.24. The van der Waals surface area contributed by atoms with Gasteiger partial charge in [-0.25, -0.2) is 0 Å². The lowest BCUT2D eigenvalue weighted by atomic mass is 9.95. The van der Waals surface area contributed by atoms with Crippen LogP contribution in [-0.4, -0.2) is 47.1 Å². The van der Waals surface area contributed by atoms with E-state index in [1.54, 1.807) is 0 Å². The standard InChI is InChI=1S/C14H26N2O3/c1-11(2)16(9-8-14(18)19)10-13(17)15-12-6-4-3-5-7-12/h11-12H,3-10H2,1-2H3,(H,15,17)(H,18,19). The summed E-state index contributed by atoms with van der Waals surface area (Å²) in [5.74, 6) is -0.802. The van der Waals surface area contributed by atoms with E-state index in [2.05, 4.69) is 5.32 Å². The fourth-order valence-electron chi connectivity index (χ4n) is 2.46. The highest BCUT2D eigenvalue weighted by atomic mass is 16.4. The molecule has 0 aromatic heterocycles. The molecule has 110 valence electrons. The van der Waals surface area contributed by atoms with Gasteiger partial charge in [0.1, 0.15) is 0 Å². The number of nitrogens with one attached hydrogen (secondary N) is 1. The third-order valence-corrected chi connectivity index (χ3v) is 3.66. The fourth-order valence-corrected chi connectivity index (χ4v) is 2.46. The van der Waals surface area contributed by atoms with E-state index in [-0.39, 0.29) is 18.4 Å². The summed E-state index contributed by atoms with van der Waals surface area (Å²) in [6.07, 6.45) is 5.87. The van der Waals surface area contributed by atoms with Crippen LogP contribution in [0.1, 0.15) is 52.4 Å². The molecule has 0 aliphatic heterocycles. The first-order valence-electron chi connectivity index (χ1n) is 7.24. The molecule has 19 heavy (non-hydrogen) atoms. The van der Waals surface area contributed by atoms with Gasteiger partial charge >= 0.3 is 5.97 Å². The van der Waals surface area contributed by atoms with E-state index >= 15 is 0 Å². The Morgan fingerprint density at radius 3 is 2.42 bits per heavy atom. The lowest BCUT2D eigenvalue weighted by molar-refractivity contribution is -0.138. The van der Waals surface area contributed by atoms with Crippen molar-refractivity contribution >= 4 is 11.9 Å². The molecule has 0 spiro atoms. The molecule has 0 saturated heterocycles. The molecule has 0 unspecified atom stereocenters. The van der Waals surface area contributed by atoms with Gasteiger partial charge in [0.2, 0.25) is 5.91 Å². The zero-order valence-corrected chi connectivity index (χ0v) is 12.0. The predicted octanol–water partition coefficient (Wildman–Crippen LogP) is 1.62. The minimum absolute atomic E-state index is 0.0194. The Balaban J connectivity index is 2.35. The first-order chi connectivity index (χ1) is 8.99. The molecule has 0 atom stereocenters. The van der Waals surface area contributed by atoms with E-state index in [1.807, 2.05) is 18.7 Å². The van der Waals surface area contributed by atoms with Crippen LogP contribution < -0.4 is 5.32 Å². The number of carboxylic acids is 1. The molecular formula is C14H26N2O3. The molecule has 0 bridgehead atoms. The van der Waals surface area contributed by atoms with Crippen LogP contribution in [0.3, 0.4) is 0 Å². The Hall–Kier alpha value is -1.10. The van der Waals surface area contributed by atoms with Gasteiger partial charge in [-0.3, -0.25) is 14.5 Å². The van der Waals surface area contributed by atoms with Crippen LogP contribution in [0.5, 0.6) is 0 Å². The molecule has 0 heterocycles. The van der Waals surface area contributed by atoms with E-state index in [4.69, 9.17) is 5.11 Å². The largest absolute Gasteiger partial charge is 0.481 e. The molecule has 5 heteroatoms. The fraction of sp³-hybridized carbons (Fsp3) is 0.857. The van der Waals surface area contributed by atoms with Crippen molar-refractivity contribution in [2.45, 2.75) is 64.5 Å². The Labute approximate surface area is 115 Å². The van der Waals surface area contributed by atoms with Gasteiger partial charge in [0.05, 0.1) is 13.0 Å². The van der Waals surface area contributed by atoms with Gasteiger partial charge in [-0.05, 0) is 26.7 Å². The number of rotatable bonds is 7. The van der Waals surface area contributed by atoms with Crippen molar-refractivity contribution in [3.63, 3.8) is 0 Å². The molecule has 0 radical (unpaired) electrons. The highest BCUT2D eigenvalue weighted by molar-refractivity contribution is 5.78. The van der Waals surface area contributed by atoms with Gasteiger partial charge in [0, 0.05) is 18.6 Å². The number of carboxylic acid groups (broad SMARTS) is 1. The summed E-state index contributed by atoms with van der Waals surface area (Å²) >= 11 is 0. The summed E-state index contributed by atoms with van der Waals surface area (Å²) in [6, 6.07) is 0.492. The van der Waals surface area contributed by atoms with Gasteiger partial charge in [-0.15, -0.1) is 0 Å². The van der Waals surface area contributed by atoms with Crippen molar-refractivity contribution in [1.29, 1.82) is 0 Å². The third-order valence-electron chi connectivity index (χ3n) is 3.66. The number of carbonyl (C=O) groups excluding carboxylic acids is 1. The molecule has 2 N–H and O–H groups in total. The smallest absolute Gasteiger partial charge is 0.304 e. The zero-order chi connectivity index (χ0) is 14.3. The van der Waals surface area contributed by atoms with Crippen LogP contribution in [0.25, 0.3) is 0 Å². The van der Waals surface area contributed by atoms with Gasteiger partial charge in [0.15, 0.2) is 0 Å². The first kappa shape index (κ1) is 16.0. The Morgan fingerprint density at radius 2 is 1.89 bits per heavy atom. The van der Waals surface area contributed by atoms with Gasteiger partial charge in [0.25, 0.3) is 0 Å². The highest BCUT2D eigenvalue weighted by Gasteiger charge is 2.19. The summed E-state index contributed by atoms with van der Waals surface area (Å²) in [7, 11) is 0. The van der Waals surface area contributed by atoms with Crippen LogP contribution in [0, 0.1) is 0 Å². The maximum Gasteiger partial charge on any atom is 0.304 e. The second-order valence-electron chi connectivity index (χ2n) is 5.61. The molecule has 1 aliphatic carbocycles. The Kier molecular flexibility index (Phi) is 6.84. The molecule has 1 saturated carbocycles. The number of hydrogen-bond acceptors (Lipinski definition) is 3. The number of carbonyl (C=O) groups is 2. The van der Waals surface area contributed by atoms with Crippen LogP contribution in [0.4, 0.5) is 0 Å².